The predicted octanol–water partition coefficient (Wildman–Crippen LogP) is 23.1. The first-order valence-electron chi connectivity index (χ1n) is 39.5. The third-order valence-corrected chi connectivity index (χ3v) is 21.9. The minimum atomic E-state index is -1.01. The van der Waals surface area contributed by atoms with Crippen molar-refractivity contribution in [3.05, 3.63) is 437 Å². The summed E-state index contributed by atoms with van der Waals surface area (Å²) in [4.78, 5) is 77.6. The van der Waals surface area contributed by atoms with Gasteiger partial charge in [0.2, 0.25) is 0 Å². The van der Waals surface area contributed by atoms with E-state index in [1.807, 2.05) is 122 Å². The Morgan fingerprint density at radius 3 is 0.372 bits per heavy atom. The molecule has 0 radical (unpaired) electrons. The molecule has 20 rings (SSSR count). The maximum absolute atomic E-state index is 4.92. The van der Waals surface area contributed by atoms with Crippen LogP contribution in [0.2, 0.25) is 0 Å². The molecule has 16 nitrogen and oxygen atoms in total. The Labute approximate surface area is 697 Å². The van der Waals surface area contributed by atoms with Crippen molar-refractivity contribution in [3.63, 3.8) is 0 Å². The fourth-order valence-corrected chi connectivity index (χ4v) is 15.3. The predicted molar refractivity (Wildman–Crippen MR) is 476 cm³/mol. The molecule has 0 N–H and O–H groups in total. The molecule has 0 aliphatic carbocycles. The summed E-state index contributed by atoms with van der Waals surface area (Å²) in [5, 5.41) is 0. The first kappa shape index (κ1) is 73.2. The van der Waals surface area contributed by atoms with E-state index in [2.05, 4.69) is 243 Å². The first-order valence-corrected chi connectivity index (χ1v) is 39.5. The lowest BCUT2D eigenvalue weighted by atomic mass is 9.64. The second kappa shape index (κ2) is 32.9. The standard InChI is InChI=1S/C105H68N16/c1-5-13-69(14-6-1)73-21-29-77(30-22-73)85-53-106-101(107-54-85)89-61-114-97(115-62-89)81-37-45-93(46-38-81)105(94-47-39-82(40-48-94)98-116-63-90(64-117-98)102-108-55-86(56-109-102)78-31-23-74(24-32-78)70-15-7-2-8-16-70,95-49-41-83(42-50-95)99-118-65-91(66-119-99)103-110-57-87(58-111-103)79-33-25-75(26-34-79)71-17-9-3-10-18-71)96-51-43-84(44-52-96)100-120-67-92(68-121-100)104-112-59-88(60-113-104)80-35-27-76(28-36-80)72-19-11-4-12-20-72/h1-68H. The van der Waals surface area contributed by atoms with Gasteiger partial charge in [0.25, 0.3) is 0 Å². The van der Waals surface area contributed by atoms with Gasteiger partial charge in [0.05, 0.1) is 27.7 Å². The topological polar surface area (TPSA) is 206 Å². The molecule has 20 aromatic rings. The third-order valence-electron chi connectivity index (χ3n) is 21.9. The molecule has 121 heavy (non-hydrogen) atoms. The second-order valence-electron chi connectivity index (χ2n) is 29.2. The van der Waals surface area contributed by atoms with Crippen molar-refractivity contribution in [2.45, 2.75) is 5.41 Å². The zero-order valence-corrected chi connectivity index (χ0v) is 64.9. The lowest BCUT2D eigenvalue weighted by Crippen LogP contribution is -2.31. The van der Waals surface area contributed by atoms with E-state index in [9.17, 15) is 0 Å². The maximum Gasteiger partial charge on any atom is 0.162 e. The largest absolute Gasteiger partial charge is 0.236 e. The number of aromatic nitrogens is 16. The molecule has 16 heteroatoms. The van der Waals surface area contributed by atoms with Crippen LogP contribution in [-0.2, 0) is 5.41 Å². The molecule has 0 aliphatic rings. The normalized spacial score (nSPS) is 11.3. The number of nitrogens with zero attached hydrogens (tertiary/aromatic N) is 16. The van der Waals surface area contributed by atoms with Crippen LogP contribution in [-0.4, -0.2) is 79.7 Å². The maximum atomic E-state index is 4.92. The van der Waals surface area contributed by atoms with Crippen LogP contribution in [0.4, 0.5) is 0 Å². The molecule has 8 heterocycles. The van der Waals surface area contributed by atoms with Crippen LogP contribution in [0.5, 0.6) is 0 Å². The van der Waals surface area contributed by atoms with Gasteiger partial charge in [-0.3, -0.25) is 0 Å². The molecule has 12 aromatic carbocycles. The monoisotopic (exact) mass is 1550 g/mol. The van der Waals surface area contributed by atoms with E-state index in [1.165, 1.54) is 0 Å². The molecule has 0 saturated carbocycles. The molecule has 0 atom stereocenters. The second-order valence-corrected chi connectivity index (χ2v) is 29.2. The molecule has 0 saturated heterocycles. The third kappa shape index (κ3) is 15.3. The summed E-state index contributed by atoms with van der Waals surface area (Å²) in [6.07, 6.45) is 28.9. The fraction of sp³-hybridized carbons (Fsp3) is 0.00952. The van der Waals surface area contributed by atoms with Crippen molar-refractivity contribution in [3.8, 4) is 180 Å². The molecule has 0 unspecified atom stereocenters. The lowest BCUT2D eigenvalue weighted by molar-refractivity contribution is 0.745. The highest BCUT2D eigenvalue weighted by molar-refractivity contribution is 5.77. The summed E-state index contributed by atoms with van der Waals surface area (Å²) in [6, 6.07) is 109. The molecular formula is C105H68N16. The molecule has 0 bridgehead atoms. The molecule has 0 spiro atoms. The average molecular weight is 1550 g/mol. The van der Waals surface area contributed by atoms with Crippen molar-refractivity contribution in [1.82, 2.24) is 79.7 Å². The number of benzene rings is 12. The summed E-state index contributed by atoms with van der Waals surface area (Å²) >= 11 is 0. The van der Waals surface area contributed by atoms with Crippen molar-refractivity contribution in [2.75, 3.05) is 0 Å². The Morgan fingerprint density at radius 2 is 0.215 bits per heavy atom. The van der Waals surface area contributed by atoms with E-state index < -0.39 is 5.41 Å². The van der Waals surface area contributed by atoms with Gasteiger partial charge < -0.3 is 0 Å². The van der Waals surface area contributed by atoms with E-state index in [0.717, 1.165) is 134 Å². The fourth-order valence-electron chi connectivity index (χ4n) is 15.3. The molecule has 0 aliphatic heterocycles. The zero-order valence-electron chi connectivity index (χ0n) is 64.9. The minimum Gasteiger partial charge on any atom is -0.236 e. The molecule has 0 fully saturated rings. The zero-order chi connectivity index (χ0) is 80.7. The van der Waals surface area contributed by atoms with E-state index in [-0.39, 0.29) is 0 Å². The molecule has 8 aromatic heterocycles. The minimum absolute atomic E-state index is 0.518. The van der Waals surface area contributed by atoms with Crippen LogP contribution >= 0.6 is 0 Å². The Kier molecular flexibility index (Phi) is 19.9. The number of rotatable bonds is 20. The average Bonchev–Trinajstić information content (AvgIpc) is 0.726. The van der Waals surface area contributed by atoms with Crippen molar-refractivity contribution >= 4 is 0 Å². The Bertz CT molecular complexity index is 6060. The van der Waals surface area contributed by atoms with Crippen LogP contribution in [0.15, 0.2) is 415 Å². The van der Waals surface area contributed by atoms with Gasteiger partial charge >= 0.3 is 0 Å². The summed E-state index contributed by atoms with van der Waals surface area (Å²) in [7, 11) is 0. The number of hydrogen-bond donors (Lipinski definition) is 0. The smallest absolute Gasteiger partial charge is 0.162 e. The van der Waals surface area contributed by atoms with Crippen LogP contribution < -0.4 is 0 Å². The van der Waals surface area contributed by atoms with Crippen molar-refractivity contribution in [1.29, 1.82) is 0 Å². The van der Waals surface area contributed by atoms with Crippen LogP contribution in [0, 0.1) is 0 Å². The Balaban J connectivity index is 0.629. The quantitative estimate of drug-likeness (QED) is 0.0650. The summed E-state index contributed by atoms with van der Waals surface area (Å²) in [6.45, 7) is 0. The van der Waals surface area contributed by atoms with Gasteiger partial charge in [0.15, 0.2) is 46.6 Å². The van der Waals surface area contributed by atoms with Gasteiger partial charge in [-0.2, -0.15) is 0 Å². The van der Waals surface area contributed by atoms with Crippen LogP contribution in [0.25, 0.3) is 180 Å². The Hall–Kier alpha value is -16.7. The van der Waals surface area contributed by atoms with Gasteiger partial charge in [-0.1, -0.05) is 315 Å². The molecular weight excluding hydrogens is 1490 g/mol. The summed E-state index contributed by atoms with van der Waals surface area (Å²) < 4.78 is 0. The van der Waals surface area contributed by atoms with Gasteiger partial charge in [-0.25, -0.2) is 79.7 Å². The van der Waals surface area contributed by atoms with Crippen molar-refractivity contribution in [2.24, 2.45) is 0 Å². The first-order chi connectivity index (χ1) is 59.9. The van der Waals surface area contributed by atoms with E-state index in [1.54, 1.807) is 49.6 Å². The molecule has 568 valence electrons. The van der Waals surface area contributed by atoms with Crippen molar-refractivity contribution < 1.29 is 0 Å². The van der Waals surface area contributed by atoms with E-state index >= 15 is 0 Å². The highest BCUT2D eigenvalue weighted by Crippen LogP contribution is 2.47. The van der Waals surface area contributed by atoms with Gasteiger partial charge in [-0.15, -0.1) is 0 Å². The van der Waals surface area contributed by atoms with Gasteiger partial charge in [0.1, 0.15) is 0 Å². The number of hydrogen-bond acceptors (Lipinski definition) is 16. The lowest BCUT2D eigenvalue weighted by Gasteiger charge is -2.37. The Morgan fingerprint density at radius 1 is 0.0992 bits per heavy atom. The van der Waals surface area contributed by atoms with Gasteiger partial charge in [0, 0.05) is 144 Å². The summed E-state index contributed by atoms with van der Waals surface area (Å²) in [5.74, 6) is 4.21. The van der Waals surface area contributed by atoms with E-state index in [4.69, 9.17) is 79.7 Å². The highest BCUT2D eigenvalue weighted by atomic mass is 14.9. The SMILES string of the molecule is c1ccc(-c2ccc(-c3cnc(-c4cnc(-c5ccc(C(c6ccc(-c7ncc(-c8ncc(-c9ccc(-c%10ccccc%10)cc9)cn8)cn7)cc6)(c6ccc(-c7ncc(-c8ncc(-c9ccc(-c%10ccccc%10)cc9)cn8)cn7)cc6)c6ccc(-c7ncc(-c8ncc(-c9ccc(-c%10ccccc%10)cc9)cn8)cn7)cc6)cc5)nc4)nc3)cc2)cc1. The van der Waals surface area contributed by atoms with Gasteiger partial charge in [-0.05, 0) is 89.0 Å². The summed E-state index contributed by atoms with van der Waals surface area (Å²) in [5.41, 5.74) is 25.7. The van der Waals surface area contributed by atoms with Crippen LogP contribution in [0.1, 0.15) is 22.3 Å². The highest BCUT2D eigenvalue weighted by Gasteiger charge is 2.39. The molecule has 0 amide bonds. The van der Waals surface area contributed by atoms with E-state index in [0.29, 0.717) is 68.8 Å². The van der Waals surface area contributed by atoms with Crippen LogP contribution in [0.3, 0.4) is 0 Å².